The Hall–Kier alpha value is -0.780. The van der Waals surface area contributed by atoms with E-state index in [1.807, 2.05) is 18.2 Å². The molecule has 3 N–H and O–H groups in total. The van der Waals surface area contributed by atoms with Crippen LogP contribution in [0.1, 0.15) is 14.5 Å². The molecule has 0 aliphatic rings. The highest BCUT2D eigenvalue weighted by Gasteiger charge is 2.04. The first-order valence-corrected chi connectivity index (χ1v) is 5.11. The van der Waals surface area contributed by atoms with Crippen LogP contribution in [0, 0.1) is 0 Å². The number of rotatable bonds is 3. The molecule has 1 aromatic heterocycles. The highest BCUT2D eigenvalue weighted by atomic mass is 32.1. The largest absolute Gasteiger partial charge is 0.289 e. The minimum absolute atomic E-state index is 0.254. The number of carbonyl (C=O) groups excluding carboxylic acids is 1. The van der Waals surface area contributed by atoms with Gasteiger partial charge in [-0.3, -0.25) is 10.2 Å². The molecule has 0 unspecified atom stereocenters. The Morgan fingerprint density at radius 3 is 3.08 bits per heavy atom. The van der Waals surface area contributed by atoms with Gasteiger partial charge in [0.25, 0.3) is 5.91 Å². The molecule has 1 aromatic rings. The maximum atomic E-state index is 11.0. The molecule has 0 bridgehead atoms. The smallest absolute Gasteiger partial charge is 0.275 e. The molecule has 0 radical (unpaired) electrons. The number of amides is 1. The molecule has 5 heteroatoms. The van der Waals surface area contributed by atoms with E-state index in [9.17, 15) is 4.79 Å². The van der Waals surface area contributed by atoms with E-state index in [0.29, 0.717) is 10.6 Å². The molecule has 0 saturated carbocycles. The van der Waals surface area contributed by atoms with Crippen LogP contribution in [0.5, 0.6) is 0 Å². The highest BCUT2D eigenvalue weighted by Crippen LogP contribution is 2.17. The number of thiol groups is 1. The first-order valence-electron chi connectivity index (χ1n) is 3.66. The summed E-state index contributed by atoms with van der Waals surface area (Å²) in [5.41, 5.74) is 2.08. The van der Waals surface area contributed by atoms with Crippen molar-refractivity contribution in [2.45, 2.75) is 0 Å². The number of nitrogens with one attached hydrogen (secondary N) is 1. The van der Waals surface area contributed by atoms with Crippen molar-refractivity contribution in [3.8, 4) is 0 Å². The van der Waals surface area contributed by atoms with E-state index in [2.05, 4.69) is 18.1 Å². The summed E-state index contributed by atoms with van der Waals surface area (Å²) in [7, 11) is 0. The Morgan fingerprint density at radius 2 is 2.46 bits per heavy atom. The van der Waals surface area contributed by atoms with Crippen LogP contribution in [0.15, 0.2) is 18.2 Å². The van der Waals surface area contributed by atoms with Crippen LogP contribution in [0.2, 0.25) is 0 Å². The van der Waals surface area contributed by atoms with Crippen molar-refractivity contribution < 1.29 is 4.79 Å². The average Bonchev–Trinajstić information content (AvgIpc) is 2.62. The molecule has 3 nitrogen and oxygen atoms in total. The van der Waals surface area contributed by atoms with E-state index in [4.69, 9.17) is 5.84 Å². The maximum absolute atomic E-state index is 11.0. The number of hydrogen-bond donors (Lipinski definition) is 3. The Balaban J connectivity index is 2.74. The van der Waals surface area contributed by atoms with E-state index >= 15 is 0 Å². The third-order valence-corrected chi connectivity index (χ3v) is 2.63. The normalized spacial score (nSPS) is 10.6. The molecule has 1 heterocycles. The lowest BCUT2D eigenvalue weighted by molar-refractivity contribution is 0.0957. The van der Waals surface area contributed by atoms with E-state index in [0.717, 1.165) is 4.88 Å². The van der Waals surface area contributed by atoms with Crippen LogP contribution < -0.4 is 11.3 Å². The summed E-state index contributed by atoms with van der Waals surface area (Å²) in [6, 6.07) is 3.61. The summed E-state index contributed by atoms with van der Waals surface area (Å²) in [5.74, 6) is 5.43. The minimum atomic E-state index is -0.254. The van der Waals surface area contributed by atoms with Crippen LogP contribution in [0.3, 0.4) is 0 Å². The lowest BCUT2D eigenvalue weighted by atomic mass is 10.4. The SMILES string of the molecule is NNC(=O)c1ccc(C=CCS)s1. The Kier molecular flexibility index (Phi) is 4.01. The molecule has 70 valence electrons. The molecule has 0 aromatic carbocycles. The van der Waals surface area contributed by atoms with Crippen LogP contribution in [0.25, 0.3) is 6.08 Å². The summed E-state index contributed by atoms with van der Waals surface area (Å²) < 4.78 is 0. The molecular formula is C8H10N2OS2. The van der Waals surface area contributed by atoms with Crippen molar-refractivity contribution in [1.82, 2.24) is 5.43 Å². The first-order chi connectivity index (χ1) is 6.27. The number of thiophene rings is 1. The second-order valence-corrected chi connectivity index (χ2v) is 3.74. The van der Waals surface area contributed by atoms with Crippen molar-refractivity contribution in [1.29, 1.82) is 0 Å². The third-order valence-electron chi connectivity index (χ3n) is 1.37. The van der Waals surface area contributed by atoms with Crippen molar-refractivity contribution in [2.24, 2.45) is 5.84 Å². The van der Waals surface area contributed by atoms with Crippen LogP contribution >= 0.6 is 24.0 Å². The van der Waals surface area contributed by atoms with Gasteiger partial charge in [0.15, 0.2) is 0 Å². The van der Waals surface area contributed by atoms with Crippen LogP contribution in [-0.4, -0.2) is 11.7 Å². The fourth-order valence-electron chi connectivity index (χ4n) is 0.804. The molecule has 1 amide bonds. The Bertz CT molecular complexity index is 320. The maximum Gasteiger partial charge on any atom is 0.275 e. The number of nitrogen functional groups attached to an aromatic ring is 1. The summed E-state index contributed by atoms with van der Waals surface area (Å²) in [6.45, 7) is 0. The first kappa shape index (κ1) is 10.3. The highest BCUT2D eigenvalue weighted by molar-refractivity contribution is 7.80. The van der Waals surface area contributed by atoms with E-state index in [-0.39, 0.29) is 5.91 Å². The van der Waals surface area contributed by atoms with Gasteiger partial charge < -0.3 is 0 Å². The predicted molar refractivity (Wildman–Crippen MR) is 58.9 cm³/mol. The molecule has 0 aliphatic heterocycles. The van der Waals surface area contributed by atoms with E-state index in [1.165, 1.54) is 11.3 Å². The van der Waals surface area contributed by atoms with Gasteiger partial charge in [-0.15, -0.1) is 11.3 Å². The quantitative estimate of drug-likeness (QED) is 0.307. The minimum Gasteiger partial charge on any atom is -0.289 e. The molecule has 0 aliphatic carbocycles. The number of hydrazine groups is 1. The van der Waals surface area contributed by atoms with Gasteiger partial charge in [-0.05, 0) is 18.2 Å². The lowest BCUT2D eigenvalue weighted by Crippen LogP contribution is -2.29. The monoisotopic (exact) mass is 214 g/mol. The zero-order chi connectivity index (χ0) is 9.68. The van der Waals surface area contributed by atoms with Gasteiger partial charge in [-0.25, -0.2) is 5.84 Å². The molecule has 0 spiro atoms. The third kappa shape index (κ3) is 2.87. The van der Waals surface area contributed by atoms with Crippen molar-refractivity contribution in [3.05, 3.63) is 28.0 Å². The zero-order valence-electron chi connectivity index (χ0n) is 6.86. The van der Waals surface area contributed by atoms with E-state index < -0.39 is 0 Å². The number of hydrogen-bond acceptors (Lipinski definition) is 4. The summed E-state index contributed by atoms with van der Waals surface area (Å²) in [6.07, 6.45) is 3.84. The zero-order valence-corrected chi connectivity index (χ0v) is 8.57. The summed E-state index contributed by atoms with van der Waals surface area (Å²) >= 11 is 5.43. The fraction of sp³-hybridized carbons (Fsp3) is 0.125. The van der Waals surface area contributed by atoms with E-state index in [1.54, 1.807) is 6.07 Å². The lowest BCUT2D eigenvalue weighted by Gasteiger charge is -1.91. The molecule has 0 atom stereocenters. The molecule has 1 rings (SSSR count). The van der Waals surface area contributed by atoms with Crippen LogP contribution in [-0.2, 0) is 0 Å². The van der Waals surface area contributed by atoms with Gasteiger partial charge in [0.2, 0.25) is 0 Å². The van der Waals surface area contributed by atoms with Gasteiger partial charge in [0, 0.05) is 10.6 Å². The predicted octanol–water partition coefficient (Wildman–Crippen LogP) is 1.29. The molecular weight excluding hydrogens is 204 g/mol. The Morgan fingerprint density at radius 1 is 1.69 bits per heavy atom. The average molecular weight is 214 g/mol. The molecule has 13 heavy (non-hydrogen) atoms. The van der Waals surface area contributed by atoms with Gasteiger partial charge in [0.1, 0.15) is 0 Å². The van der Waals surface area contributed by atoms with Crippen LogP contribution in [0.4, 0.5) is 0 Å². The van der Waals surface area contributed by atoms with Gasteiger partial charge >= 0.3 is 0 Å². The summed E-state index contributed by atoms with van der Waals surface area (Å²) in [5, 5.41) is 0. The van der Waals surface area contributed by atoms with Crippen molar-refractivity contribution >= 4 is 35.9 Å². The Labute approximate surface area is 86.0 Å². The van der Waals surface area contributed by atoms with Gasteiger partial charge in [0.05, 0.1) is 4.88 Å². The standard InChI is InChI=1S/C8H10N2OS2/c9-10-8(11)7-4-3-6(13-7)2-1-5-12/h1-4,12H,5,9H2,(H,10,11). The fourth-order valence-corrected chi connectivity index (χ4v) is 1.75. The number of nitrogens with two attached hydrogens (primary N) is 1. The van der Waals surface area contributed by atoms with Crippen molar-refractivity contribution in [3.63, 3.8) is 0 Å². The second-order valence-electron chi connectivity index (χ2n) is 2.26. The number of carbonyl (C=O) groups is 1. The second kappa shape index (κ2) is 5.06. The van der Waals surface area contributed by atoms with Gasteiger partial charge in [-0.2, -0.15) is 12.6 Å². The summed E-state index contributed by atoms with van der Waals surface area (Å²) in [4.78, 5) is 12.7. The molecule has 0 saturated heterocycles. The van der Waals surface area contributed by atoms with Crippen molar-refractivity contribution in [2.75, 3.05) is 5.75 Å². The van der Waals surface area contributed by atoms with Gasteiger partial charge in [-0.1, -0.05) is 6.08 Å². The topological polar surface area (TPSA) is 55.1 Å². The molecule has 0 fully saturated rings.